The van der Waals surface area contributed by atoms with Crippen molar-refractivity contribution in [1.82, 2.24) is 19.8 Å². The molecule has 1 aliphatic carbocycles. The Hall–Kier alpha value is -3.96. The van der Waals surface area contributed by atoms with Crippen molar-refractivity contribution in [2.24, 2.45) is 11.8 Å². The van der Waals surface area contributed by atoms with Crippen LogP contribution in [0.15, 0.2) is 42.1 Å². The second-order valence-electron chi connectivity index (χ2n) is 16.1. The number of rotatable bonds is 5. The van der Waals surface area contributed by atoms with E-state index in [1.165, 1.54) is 4.90 Å². The molecule has 52 heavy (non-hydrogen) atoms. The molecule has 0 radical (unpaired) electrons. The fourth-order valence-electron chi connectivity index (χ4n) is 6.85. The van der Waals surface area contributed by atoms with Crippen LogP contribution < -0.4 is 10.0 Å². The van der Waals surface area contributed by atoms with Gasteiger partial charge in [-0.3, -0.25) is 28.8 Å². The van der Waals surface area contributed by atoms with Gasteiger partial charge in [-0.05, 0) is 90.5 Å². The van der Waals surface area contributed by atoms with Gasteiger partial charge < -0.3 is 19.7 Å². The topological polar surface area (TPSA) is 151 Å². The van der Waals surface area contributed by atoms with Crippen molar-refractivity contribution < 1.29 is 37.7 Å². The third-order valence-electron chi connectivity index (χ3n) is 9.72. The molecule has 3 aliphatic heterocycles. The molecule has 5 rings (SSSR count). The van der Waals surface area contributed by atoms with E-state index in [-0.39, 0.29) is 33.2 Å². The summed E-state index contributed by atoms with van der Waals surface area (Å²) in [5.74, 6) is -3.25. The molecular formula is C39H56N4O8S. The number of benzene rings is 1. The summed E-state index contributed by atoms with van der Waals surface area (Å²) in [5, 5.41) is 2.92. The SMILES string of the molecule is C.CC(C)(C)OC(=O)C[C@H]1CCCCCC=C=C[C@@H]2C[C@@]2(C(=O)N[S@@](=O)C(C)(C)C)NC(=O)[C@@H]2C[C@@H](OC(=O)N3Cc4ccccc4C3)CN2C1=O. The zero-order valence-electron chi connectivity index (χ0n) is 30.6. The molecule has 4 amide bonds. The molecule has 6 atom stereocenters. The van der Waals surface area contributed by atoms with Crippen LogP contribution in [0.2, 0.25) is 0 Å². The molecule has 1 aromatic carbocycles. The summed E-state index contributed by atoms with van der Waals surface area (Å²) in [7, 11) is -1.73. The second kappa shape index (κ2) is 16.4. The molecule has 13 heteroatoms. The minimum atomic E-state index is -1.73. The quantitative estimate of drug-likeness (QED) is 0.308. The Balaban J connectivity index is 0.00000605. The molecule has 4 aliphatic rings. The van der Waals surface area contributed by atoms with Gasteiger partial charge >= 0.3 is 12.1 Å². The summed E-state index contributed by atoms with van der Waals surface area (Å²) < 4.78 is 26.3. The summed E-state index contributed by atoms with van der Waals surface area (Å²) in [6.45, 7) is 11.2. The fraction of sp³-hybridized carbons (Fsp3) is 0.641. The van der Waals surface area contributed by atoms with Crippen LogP contribution in [-0.4, -0.2) is 78.4 Å². The Morgan fingerprint density at radius 1 is 1.04 bits per heavy atom. The van der Waals surface area contributed by atoms with Gasteiger partial charge in [0.2, 0.25) is 11.8 Å². The fourth-order valence-corrected chi connectivity index (χ4v) is 7.51. The van der Waals surface area contributed by atoms with Gasteiger partial charge in [-0.1, -0.05) is 44.5 Å². The molecule has 12 nitrogen and oxygen atoms in total. The number of hydrogen-bond acceptors (Lipinski definition) is 8. The van der Waals surface area contributed by atoms with Crippen LogP contribution in [0.4, 0.5) is 4.79 Å². The van der Waals surface area contributed by atoms with Crippen LogP contribution in [-0.2, 0) is 52.7 Å². The number of carbonyl (C=O) groups excluding carboxylic acids is 5. The lowest BCUT2D eigenvalue weighted by Crippen LogP contribution is -2.57. The van der Waals surface area contributed by atoms with Crippen LogP contribution in [0.5, 0.6) is 0 Å². The highest BCUT2D eigenvalue weighted by molar-refractivity contribution is 7.85. The van der Waals surface area contributed by atoms with E-state index in [1.807, 2.05) is 30.3 Å². The highest BCUT2D eigenvalue weighted by atomic mass is 32.2. The Morgan fingerprint density at radius 2 is 1.71 bits per heavy atom. The summed E-state index contributed by atoms with van der Waals surface area (Å²) in [6, 6.07) is 6.67. The maximum absolute atomic E-state index is 14.4. The molecule has 3 heterocycles. The van der Waals surface area contributed by atoms with Gasteiger partial charge in [0.25, 0.3) is 5.91 Å². The Morgan fingerprint density at radius 3 is 2.35 bits per heavy atom. The van der Waals surface area contributed by atoms with Gasteiger partial charge in [0.1, 0.15) is 34.3 Å². The van der Waals surface area contributed by atoms with Gasteiger partial charge in [0.05, 0.1) is 17.7 Å². The van der Waals surface area contributed by atoms with Crippen LogP contribution in [0, 0.1) is 11.8 Å². The van der Waals surface area contributed by atoms with Gasteiger partial charge in [0, 0.05) is 31.3 Å². The van der Waals surface area contributed by atoms with Crippen molar-refractivity contribution in [2.45, 2.75) is 141 Å². The molecular weight excluding hydrogens is 685 g/mol. The number of nitrogens with one attached hydrogen (secondary N) is 2. The van der Waals surface area contributed by atoms with Crippen molar-refractivity contribution in [2.75, 3.05) is 6.54 Å². The van der Waals surface area contributed by atoms with Crippen LogP contribution in [0.1, 0.15) is 111 Å². The molecule has 2 fully saturated rings. The molecule has 1 aromatic rings. The van der Waals surface area contributed by atoms with E-state index < -0.39 is 80.6 Å². The summed E-state index contributed by atoms with van der Waals surface area (Å²) in [4.78, 5) is 71.8. The second-order valence-corrected chi connectivity index (χ2v) is 18.1. The lowest BCUT2D eigenvalue weighted by atomic mass is 9.95. The lowest BCUT2D eigenvalue weighted by molar-refractivity contribution is -0.159. The first-order valence-electron chi connectivity index (χ1n) is 18.0. The highest BCUT2D eigenvalue weighted by Gasteiger charge is 2.61. The smallest absolute Gasteiger partial charge is 0.410 e. The van der Waals surface area contributed by atoms with Crippen molar-refractivity contribution >= 4 is 40.8 Å². The first-order valence-corrected chi connectivity index (χ1v) is 19.1. The van der Waals surface area contributed by atoms with Crippen LogP contribution in [0.3, 0.4) is 0 Å². The Kier molecular flexibility index (Phi) is 12.8. The maximum atomic E-state index is 14.4. The van der Waals surface area contributed by atoms with E-state index in [9.17, 15) is 28.2 Å². The van der Waals surface area contributed by atoms with E-state index in [0.717, 1.165) is 30.4 Å². The van der Waals surface area contributed by atoms with Crippen molar-refractivity contribution in [3.8, 4) is 0 Å². The van der Waals surface area contributed by atoms with E-state index in [1.54, 1.807) is 52.5 Å². The van der Waals surface area contributed by atoms with Crippen molar-refractivity contribution in [3.63, 3.8) is 0 Å². The minimum absolute atomic E-state index is 0. The normalized spacial score (nSPS) is 27.0. The molecule has 286 valence electrons. The Bertz CT molecular complexity index is 1600. The monoisotopic (exact) mass is 740 g/mol. The molecule has 2 N–H and O–H groups in total. The molecule has 1 saturated heterocycles. The Labute approximate surface area is 310 Å². The first kappa shape index (κ1) is 40.8. The number of carbonyl (C=O) groups is 5. The third-order valence-corrected chi connectivity index (χ3v) is 11.2. The number of nitrogens with zero attached hydrogens (tertiary/aromatic N) is 2. The van der Waals surface area contributed by atoms with E-state index in [0.29, 0.717) is 25.9 Å². The summed E-state index contributed by atoms with van der Waals surface area (Å²) in [6.07, 6.45) is 5.90. The van der Waals surface area contributed by atoms with Crippen molar-refractivity contribution in [3.05, 3.63) is 53.3 Å². The first-order chi connectivity index (χ1) is 24.0. The van der Waals surface area contributed by atoms with Gasteiger partial charge in [0.15, 0.2) is 0 Å². The van der Waals surface area contributed by atoms with Crippen LogP contribution in [0.25, 0.3) is 0 Å². The van der Waals surface area contributed by atoms with E-state index in [4.69, 9.17) is 9.47 Å². The number of esters is 1. The highest BCUT2D eigenvalue weighted by Crippen LogP contribution is 2.45. The standard InChI is InChI=1S/C38H52N4O8S.CH4/c1-36(2,3)50-31(43)19-25-15-11-9-7-8-10-12-18-28-21-38(28,34(46)40-51(48)37(4,5)6)39-32(44)30-20-29(24-42(30)33(25)45)49-35(47)41-22-26-16-13-14-17-27(26)23-41;/h10,13-14,16-18,25,28-30H,7-9,11,15,19-24H2,1-6H3,(H,39,44)(H,40,46);1H4/t12?,25-,28-,29-,30+,38-,51+;/m1./s1. The maximum Gasteiger partial charge on any atom is 0.410 e. The number of ether oxygens (including phenoxy) is 2. The largest absolute Gasteiger partial charge is 0.460 e. The van der Waals surface area contributed by atoms with E-state index >= 15 is 0 Å². The van der Waals surface area contributed by atoms with Gasteiger partial charge in [-0.15, -0.1) is 5.73 Å². The molecule has 1 saturated carbocycles. The predicted octanol–water partition coefficient (Wildman–Crippen LogP) is 5.22. The number of amides is 4. The molecule has 0 spiro atoms. The number of fused-ring (bicyclic) bond motifs is 3. The molecule has 0 aromatic heterocycles. The number of hydrogen-bond donors (Lipinski definition) is 2. The molecule has 0 bridgehead atoms. The van der Waals surface area contributed by atoms with Crippen molar-refractivity contribution in [1.29, 1.82) is 0 Å². The zero-order valence-corrected chi connectivity index (χ0v) is 31.4. The average Bonchev–Trinajstić information content (AvgIpc) is 3.35. The van der Waals surface area contributed by atoms with Gasteiger partial charge in [-0.25, -0.2) is 9.00 Å². The lowest BCUT2D eigenvalue weighted by Gasteiger charge is -2.30. The summed E-state index contributed by atoms with van der Waals surface area (Å²) >= 11 is 0. The minimum Gasteiger partial charge on any atom is -0.460 e. The van der Waals surface area contributed by atoms with Crippen LogP contribution >= 0.6 is 0 Å². The predicted molar refractivity (Wildman–Crippen MR) is 198 cm³/mol. The molecule has 0 unspecified atom stereocenters. The average molecular weight is 741 g/mol. The van der Waals surface area contributed by atoms with Gasteiger partial charge in [-0.2, -0.15) is 0 Å². The zero-order chi connectivity index (χ0) is 37.1. The van der Waals surface area contributed by atoms with E-state index in [2.05, 4.69) is 15.8 Å². The third kappa shape index (κ3) is 9.92. The summed E-state index contributed by atoms with van der Waals surface area (Å²) in [5.41, 5.74) is 3.09.